The molecule has 2 aromatic carbocycles. The van der Waals surface area contributed by atoms with Crippen LogP contribution in [-0.2, 0) is 9.59 Å². The summed E-state index contributed by atoms with van der Waals surface area (Å²) in [5.41, 5.74) is 4.32. The van der Waals surface area contributed by atoms with Crippen LogP contribution in [0.5, 0.6) is 0 Å². The third-order valence-corrected chi connectivity index (χ3v) is 4.92. The minimum absolute atomic E-state index is 0.558. The standard InChI is InChI=1S/C19H23N.C4H4O4/c1-15-8-10-17(11-9-15)18-12-13-20(2)14-19(18)16-6-4-3-5-7-16;5-3(6)1-2-4(7)8/h3-11,18-19H,12-14H2,1-2H3;1-2H,(H,5,6)(H,7,8)/b;2-1-/t18-,19-;/m1./s1. The molecule has 1 aliphatic heterocycles. The van der Waals surface area contributed by atoms with E-state index in [0.29, 0.717) is 24.0 Å². The summed E-state index contributed by atoms with van der Waals surface area (Å²) in [7, 11) is 2.24. The van der Waals surface area contributed by atoms with Crippen LogP contribution in [0, 0.1) is 6.92 Å². The van der Waals surface area contributed by atoms with Gasteiger partial charge in [-0.1, -0.05) is 60.2 Å². The quantitative estimate of drug-likeness (QED) is 0.785. The van der Waals surface area contributed by atoms with Crippen LogP contribution >= 0.6 is 0 Å². The minimum Gasteiger partial charge on any atom is -0.478 e. The number of piperidine rings is 1. The minimum atomic E-state index is -1.26. The van der Waals surface area contributed by atoms with E-state index in [9.17, 15) is 9.59 Å². The van der Waals surface area contributed by atoms with Gasteiger partial charge in [0.1, 0.15) is 0 Å². The number of carboxylic acids is 2. The fourth-order valence-corrected chi connectivity index (χ4v) is 3.51. The second-order valence-electron chi connectivity index (χ2n) is 7.10. The average Bonchev–Trinajstić information content (AvgIpc) is 2.68. The van der Waals surface area contributed by atoms with Gasteiger partial charge in [0.25, 0.3) is 0 Å². The predicted molar refractivity (Wildman–Crippen MR) is 110 cm³/mol. The largest absolute Gasteiger partial charge is 0.478 e. The molecule has 1 saturated heterocycles. The van der Waals surface area contributed by atoms with Crippen molar-refractivity contribution in [2.75, 3.05) is 20.1 Å². The topological polar surface area (TPSA) is 77.8 Å². The zero-order chi connectivity index (χ0) is 20.5. The van der Waals surface area contributed by atoms with Crippen molar-refractivity contribution >= 4 is 11.9 Å². The summed E-state index contributed by atoms with van der Waals surface area (Å²) in [5, 5.41) is 15.6. The highest BCUT2D eigenvalue weighted by molar-refractivity contribution is 5.89. The third-order valence-electron chi connectivity index (χ3n) is 4.92. The van der Waals surface area contributed by atoms with Crippen LogP contribution in [0.4, 0.5) is 0 Å². The van der Waals surface area contributed by atoms with Crippen molar-refractivity contribution in [1.82, 2.24) is 4.90 Å². The fourth-order valence-electron chi connectivity index (χ4n) is 3.51. The Balaban J connectivity index is 0.000000300. The van der Waals surface area contributed by atoms with Crippen molar-refractivity contribution in [2.24, 2.45) is 0 Å². The van der Waals surface area contributed by atoms with Gasteiger partial charge in [-0.05, 0) is 44.0 Å². The van der Waals surface area contributed by atoms with Gasteiger partial charge in [0.15, 0.2) is 0 Å². The van der Waals surface area contributed by atoms with Crippen molar-refractivity contribution in [2.45, 2.75) is 25.2 Å². The molecule has 0 aromatic heterocycles. The number of hydrogen-bond acceptors (Lipinski definition) is 3. The zero-order valence-corrected chi connectivity index (χ0v) is 16.3. The summed E-state index contributed by atoms with van der Waals surface area (Å²) < 4.78 is 0. The summed E-state index contributed by atoms with van der Waals surface area (Å²) in [6.07, 6.45) is 2.36. The first-order valence-electron chi connectivity index (χ1n) is 9.31. The zero-order valence-electron chi connectivity index (χ0n) is 16.3. The molecule has 1 fully saturated rings. The van der Waals surface area contributed by atoms with Gasteiger partial charge >= 0.3 is 11.9 Å². The van der Waals surface area contributed by atoms with Gasteiger partial charge in [-0.2, -0.15) is 0 Å². The van der Waals surface area contributed by atoms with Gasteiger partial charge in [0, 0.05) is 24.6 Å². The maximum absolute atomic E-state index is 9.55. The number of rotatable bonds is 4. The number of aliphatic carboxylic acids is 2. The Kier molecular flexibility index (Phi) is 7.96. The molecule has 1 heterocycles. The average molecular weight is 381 g/mol. The number of aryl methyl sites for hydroxylation is 1. The number of likely N-dealkylation sites (tertiary alicyclic amines) is 1. The first kappa shape index (κ1) is 21.4. The Hall–Kier alpha value is -2.92. The van der Waals surface area contributed by atoms with Gasteiger partial charge < -0.3 is 15.1 Å². The van der Waals surface area contributed by atoms with Gasteiger partial charge in [-0.3, -0.25) is 0 Å². The van der Waals surface area contributed by atoms with Gasteiger partial charge in [-0.25, -0.2) is 9.59 Å². The van der Waals surface area contributed by atoms with Crippen LogP contribution in [0.1, 0.15) is 34.9 Å². The maximum atomic E-state index is 9.55. The highest BCUT2D eigenvalue weighted by Gasteiger charge is 2.29. The SMILES string of the molecule is Cc1ccc([C@H]2CCN(C)C[C@@H]2c2ccccc2)cc1.O=C(O)/C=C\C(=O)O. The number of nitrogens with zero attached hydrogens (tertiary/aromatic N) is 1. The summed E-state index contributed by atoms with van der Waals surface area (Å²) in [5.74, 6) is -1.26. The van der Waals surface area contributed by atoms with E-state index in [4.69, 9.17) is 10.2 Å². The van der Waals surface area contributed by atoms with E-state index in [-0.39, 0.29) is 0 Å². The Labute approximate surface area is 165 Å². The Morgan fingerprint density at radius 1 is 0.893 bits per heavy atom. The van der Waals surface area contributed by atoms with Crippen molar-refractivity contribution in [3.63, 3.8) is 0 Å². The Morgan fingerprint density at radius 2 is 1.43 bits per heavy atom. The molecule has 2 N–H and O–H groups in total. The molecule has 0 aliphatic carbocycles. The van der Waals surface area contributed by atoms with E-state index in [0.717, 1.165) is 6.54 Å². The van der Waals surface area contributed by atoms with Gasteiger partial charge in [-0.15, -0.1) is 0 Å². The monoisotopic (exact) mass is 381 g/mol. The van der Waals surface area contributed by atoms with Crippen molar-refractivity contribution in [3.8, 4) is 0 Å². The Morgan fingerprint density at radius 3 is 1.96 bits per heavy atom. The molecule has 2 atom stereocenters. The highest BCUT2D eigenvalue weighted by atomic mass is 16.4. The number of likely N-dealkylation sites (N-methyl/N-ethyl adjacent to an activating group) is 1. The smallest absolute Gasteiger partial charge is 0.328 e. The van der Waals surface area contributed by atoms with Crippen LogP contribution in [0.3, 0.4) is 0 Å². The lowest BCUT2D eigenvalue weighted by atomic mass is 9.77. The molecule has 1 aliphatic rings. The van der Waals surface area contributed by atoms with E-state index in [1.165, 1.54) is 29.7 Å². The van der Waals surface area contributed by atoms with Crippen LogP contribution in [0.25, 0.3) is 0 Å². The van der Waals surface area contributed by atoms with Crippen LogP contribution < -0.4 is 0 Å². The summed E-state index contributed by atoms with van der Waals surface area (Å²) in [6.45, 7) is 4.51. The summed E-state index contributed by atoms with van der Waals surface area (Å²) >= 11 is 0. The lowest BCUT2D eigenvalue weighted by Gasteiger charge is -2.37. The van der Waals surface area contributed by atoms with Crippen molar-refractivity contribution in [1.29, 1.82) is 0 Å². The van der Waals surface area contributed by atoms with Gasteiger partial charge in [0.2, 0.25) is 0 Å². The van der Waals surface area contributed by atoms with Crippen LogP contribution in [-0.4, -0.2) is 47.2 Å². The number of carbonyl (C=O) groups is 2. The normalized spacial score (nSPS) is 19.6. The van der Waals surface area contributed by atoms with E-state index in [1.807, 2.05) is 0 Å². The van der Waals surface area contributed by atoms with E-state index >= 15 is 0 Å². The number of carboxylic acid groups (broad SMARTS) is 2. The fraction of sp³-hybridized carbons (Fsp3) is 0.304. The molecule has 0 amide bonds. The van der Waals surface area contributed by atoms with E-state index in [1.54, 1.807) is 0 Å². The molecule has 148 valence electrons. The van der Waals surface area contributed by atoms with Gasteiger partial charge in [0.05, 0.1) is 0 Å². The van der Waals surface area contributed by atoms with Crippen molar-refractivity contribution < 1.29 is 19.8 Å². The molecular weight excluding hydrogens is 354 g/mol. The molecule has 0 bridgehead atoms. The molecule has 5 nitrogen and oxygen atoms in total. The molecule has 0 radical (unpaired) electrons. The second-order valence-corrected chi connectivity index (χ2v) is 7.10. The van der Waals surface area contributed by atoms with Crippen LogP contribution in [0.2, 0.25) is 0 Å². The number of benzene rings is 2. The molecule has 5 heteroatoms. The predicted octanol–water partition coefficient (Wildman–Crippen LogP) is 3.91. The molecule has 2 aromatic rings. The molecule has 3 rings (SSSR count). The maximum Gasteiger partial charge on any atom is 0.328 e. The Bertz CT molecular complexity index is 783. The molecule has 0 spiro atoms. The lowest BCUT2D eigenvalue weighted by molar-refractivity contribution is -0.134. The first-order valence-corrected chi connectivity index (χ1v) is 9.31. The lowest BCUT2D eigenvalue weighted by Crippen LogP contribution is -2.35. The molecule has 28 heavy (non-hydrogen) atoms. The third kappa shape index (κ3) is 6.67. The molecule has 0 unspecified atom stereocenters. The second kappa shape index (κ2) is 10.4. The highest BCUT2D eigenvalue weighted by Crippen LogP contribution is 2.39. The summed E-state index contributed by atoms with van der Waals surface area (Å²) in [6, 6.07) is 20.1. The van der Waals surface area contributed by atoms with Crippen LogP contribution in [0.15, 0.2) is 66.7 Å². The van der Waals surface area contributed by atoms with E-state index < -0.39 is 11.9 Å². The molecule has 0 saturated carbocycles. The van der Waals surface area contributed by atoms with Crippen molar-refractivity contribution in [3.05, 3.63) is 83.4 Å². The first-order chi connectivity index (χ1) is 13.4. The van der Waals surface area contributed by atoms with E-state index in [2.05, 4.69) is 73.5 Å². The number of hydrogen-bond donors (Lipinski definition) is 2. The summed E-state index contributed by atoms with van der Waals surface area (Å²) in [4.78, 5) is 21.6. The molecular formula is C23H27NO4.